The van der Waals surface area contributed by atoms with Crippen molar-refractivity contribution in [3.8, 4) is 11.3 Å². The zero-order valence-corrected chi connectivity index (χ0v) is 13.2. The maximum absolute atomic E-state index is 4.80. The number of rotatable bonds is 3. The summed E-state index contributed by atoms with van der Waals surface area (Å²) >= 11 is 0. The van der Waals surface area contributed by atoms with Crippen molar-refractivity contribution >= 4 is 11.6 Å². The Bertz CT molecular complexity index is 665. The Kier molecular flexibility index (Phi) is 3.25. The van der Waals surface area contributed by atoms with Crippen molar-refractivity contribution in [2.75, 3.05) is 30.4 Å². The second-order valence-corrected chi connectivity index (χ2v) is 6.59. The summed E-state index contributed by atoms with van der Waals surface area (Å²) in [7, 11) is 4.11. The second kappa shape index (κ2) is 5.27. The van der Waals surface area contributed by atoms with Crippen LogP contribution in [0.15, 0.2) is 36.5 Å². The van der Waals surface area contributed by atoms with Gasteiger partial charge in [-0.05, 0) is 37.0 Å². The van der Waals surface area contributed by atoms with E-state index < -0.39 is 0 Å². The van der Waals surface area contributed by atoms with Crippen LogP contribution >= 0.6 is 0 Å². The number of hydrogen-bond donors (Lipinski definition) is 0. The molecule has 2 heterocycles. The zero-order valence-electron chi connectivity index (χ0n) is 13.2. The molecule has 2 fully saturated rings. The highest BCUT2D eigenvalue weighted by Crippen LogP contribution is 2.40. The van der Waals surface area contributed by atoms with Crippen LogP contribution < -0.4 is 9.80 Å². The van der Waals surface area contributed by atoms with Gasteiger partial charge in [-0.15, -0.1) is 0 Å². The van der Waals surface area contributed by atoms with E-state index in [0.717, 1.165) is 29.7 Å². The molecule has 0 spiro atoms. The minimum atomic E-state index is 0.686. The molecule has 1 aromatic heterocycles. The molecule has 1 saturated carbocycles. The van der Waals surface area contributed by atoms with Gasteiger partial charge < -0.3 is 9.80 Å². The van der Waals surface area contributed by atoms with E-state index in [0.29, 0.717) is 6.04 Å². The van der Waals surface area contributed by atoms with Gasteiger partial charge in [-0.1, -0.05) is 18.6 Å². The lowest BCUT2D eigenvalue weighted by atomic mass is 9.92. The SMILES string of the molecule is CN(C)c1ccc(-c2ccnc(N3C[C@@H]4CCC[C@@H]43)n2)cc1. The van der Waals surface area contributed by atoms with Gasteiger partial charge >= 0.3 is 0 Å². The smallest absolute Gasteiger partial charge is 0.226 e. The van der Waals surface area contributed by atoms with Gasteiger partial charge in [0.05, 0.1) is 5.69 Å². The largest absolute Gasteiger partial charge is 0.378 e. The lowest BCUT2D eigenvalue weighted by molar-refractivity contribution is 0.333. The molecule has 22 heavy (non-hydrogen) atoms. The first-order valence-corrected chi connectivity index (χ1v) is 8.10. The summed E-state index contributed by atoms with van der Waals surface area (Å²) in [4.78, 5) is 13.8. The molecule has 1 aliphatic heterocycles. The van der Waals surface area contributed by atoms with E-state index in [2.05, 4.69) is 53.1 Å². The summed E-state index contributed by atoms with van der Waals surface area (Å²) in [5.74, 6) is 1.78. The zero-order chi connectivity index (χ0) is 15.1. The number of nitrogens with zero attached hydrogens (tertiary/aromatic N) is 4. The fourth-order valence-electron chi connectivity index (χ4n) is 3.70. The molecule has 0 amide bonds. The van der Waals surface area contributed by atoms with E-state index in [9.17, 15) is 0 Å². The summed E-state index contributed by atoms with van der Waals surface area (Å²) in [6.45, 7) is 1.13. The third-order valence-electron chi connectivity index (χ3n) is 5.03. The van der Waals surface area contributed by atoms with Crippen molar-refractivity contribution in [1.29, 1.82) is 0 Å². The van der Waals surface area contributed by atoms with Crippen LogP contribution in [0.5, 0.6) is 0 Å². The van der Waals surface area contributed by atoms with Crippen molar-refractivity contribution < 1.29 is 0 Å². The summed E-state index contributed by atoms with van der Waals surface area (Å²) in [6.07, 6.45) is 5.93. The second-order valence-electron chi connectivity index (χ2n) is 6.59. The highest BCUT2D eigenvalue weighted by molar-refractivity contribution is 5.64. The molecule has 2 aliphatic rings. The molecule has 1 aliphatic carbocycles. The molecule has 4 nitrogen and oxygen atoms in total. The lowest BCUT2D eigenvalue weighted by Gasteiger charge is -2.44. The third-order valence-corrected chi connectivity index (χ3v) is 5.03. The van der Waals surface area contributed by atoms with Gasteiger partial charge in [0, 0.05) is 44.1 Å². The van der Waals surface area contributed by atoms with E-state index in [1.54, 1.807) is 0 Å². The predicted molar refractivity (Wildman–Crippen MR) is 90.3 cm³/mol. The van der Waals surface area contributed by atoms with Crippen LogP contribution in [0.2, 0.25) is 0 Å². The Hall–Kier alpha value is -2.10. The Morgan fingerprint density at radius 2 is 1.91 bits per heavy atom. The highest BCUT2D eigenvalue weighted by atomic mass is 15.3. The van der Waals surface area contributed by atoms with Crippen LogP contribution in [0.4, 0.5) is 11.6 Å². The first-order valence-electron chi connectivity index (χ1n) is 8.10. The Morgan fingerprint density at radius 3 is 2.64 bits per heavy atom. The van der Waals surface area contributed by atoms with Gasteiger partial charge in [0.2, 0.25) is 5.95 Å². The number of hydrogen-bond acceptors (Lipinski definition) is 4. The van der Waals surface area contributed by atoms with Gasteiger partial charge in [0.25, 0.3) is 0 Å². The fourth-order valence-corrected chi connectivity index (χ4v) is 3.70. The number of anilines is 2. The maximum atomic E-state index is 4.80. The van der Waals surface area contributed by atoms with Gasteiger partial charge in [-0.3, -0.25) is 0 Å². The van der Waals surface area contributed by atoms with Gasteiger partial charge in [-0.2, -0.15) is 0 Å². The molecule has 4 rings (SSSR count). The Balaban J connectivity index is 1.59. The normalized spacial score (nSPS) is 23.1. The molecular weight excluding hydrogens is 272 g/mol. The maximum Gasteiger partial charge on any atom is 0.226 e. The topological polar surface area (TPSA) is 32.3 Å². The van der Waals surface area contributed by atoms with Crippen LogP contribution in [0.25, 0.3) is 11.3 Å². The van der Waals surface area contributed by atoms with Crippen LogP contribution in [0, 0.1) is 5.92 Å². The summed E-state index contributed by atoms with van der Waals surface area (Å²) < 4.78 is 0. The van der Waals surface area contributed by atoms with Gasteiger partial charge in [0.1, 0.15) is 0 Å². The monoisotopic (exact) mass is 294 g/mol. The van der Waals surface area contributed by atoms with Crippen molar-refractivity contribution in [2.24, 2.45) is 5.92 Å². The molecule has 0 bridgehead atoms. The molecule has 2 atom stereocenters. The lowest BCUT2D eigenvalue weighted by Crippen LogP contribution is -2.54. The molecule has 4 heteroatoms. The van der Waals surface area contributed by atoms with Crippen molar-refractivity contribution in [3.05, 3.63) is 36.5 Å². The highest BCUT2D eigenvalue weighted by Gasteiger charge is 2.43. The van der Waals surface area contributed by atoms with E-state index in [-0.39, 0.29) is 0 Å². The Morgan fingerprint density at radius 1 is 1.09 bits per heavy atom. The Labute approximate surface area is 131 Å². The first kappa shape index (κ1) is 13.6. The average Bonchev–Trinajstić information content (AvgIpc) is 2.89. The molecule has 0 unspecified atom stereocenters. The van der Waals surface area contributed by atoms with Crippen molar-refractivity contribution in [1.82, 2.24) is 9.97 Å². The summed E-state index contributed by atoms with van der Waals surface area (Å²) in [5.41, 5.74) is 3.36. The standard InChI is InChI=1S/C18H22N4/c1-21(2)15-8-6-13(7-9-15)16-10-11-19-18(20-16)22-12-14-4-3-5-17(14)22/h6-11,14,17H,3-5,12H2,1-2H3/t14-,17-/m0/s1. The van der Waals surface area contributed by atoms with Crippen LogP contribution in [-0.2, 0) is 0 Å². The van der Waals surface area contributed by atoms with E-state index in [1.807, 2.05) is 12.3 Å². The van der Waals surface area contributed by atoms with Gasteiger partial charge in [-0.25, -0.2) is 9.97 Å². The third kappa shape index (κ3) is 2.23. The molecule has 0 radical (unpaired) electrons. The molecular formula is C18H22N4. The van der Waals surface area contributed by atoms with Gasteiger partial charge in [0.15, 0.2) is 0 Å². The number of benzene rings is 1. The summed E-state index contributed by atoms with van der Waals surface area (Å²) in [5, 5.41) is 0. The van der Waals surface area contributed by atoms with E-state index >= 15 is 0 Å². The van der Waals surface area contributed by atoms with Crippen molar-refractivity contribution in [2.45, 2.75) is 25.3 Å². The number of fused-ring (bicyclic) bond motifs is 1. The molecule has 0 N–H and O–H groups in total. The van der Waals surface area contributed by atoms with Crippen LogP contribution in [0.1, 0.15) is 19.3 Å². The van der Waals surface area contributed by atoms with Crippen molar-refractivity contribution in [3.63, 3.8) is 0 Å². The van der Waals surface area contributed by atoms with E-state index in [1.165, 1.54) is 24.9 Å². The van der Waals surface area contributed by atoms with Crippen LogP contribution in [0.3, 0.4) is 0 Å². The number of aromatic nitrogens is 2. The molecule has 114 valence electrons. The minimum Gasteiger partial charge on any atom is -0.378 e. The predicted octanol–water partition coefficient (Wildman–Crippen LogP) is 3.20. The molecule has 1 aromatic carbocycles. The van der Waals surface area contributed by atoms with Crippen LogP contribution in [-0.4, -0.2) is 36.6 Å². The van der Waals surface area contributed by atoms with E-state index in [4.69, 9.17) is 4.98 Å². The molecule has 1 saturated heterocycles. The minimum absolute atomic E-state index is 0.686. The fraction of sp³-hybridized carbons (Fsp3) is 0.444. The first-order chi connectivity index (χ1) is 10.7. The average molecular weight is 294 g/mol. The quantitative estimate of drug-likeness (QED) is 0.870. The summed E-state index contributed by atoms with van der Waals surface area (Å²) in [6, 6.07) is 11.2. The molecule has 2 aromatic rings.